The molecular formula is C15H22O3. The molecule has 1 aromatic carbocycles. The molecule has 0 aromatic heterocycles. The van der Waals surface area contributed by atoms with E-state index < -0.39 is 6.10 Å². The van der Waals surface area contributed by atoms with E-state index in [0.717, 1.165) is 5.56 Å². The maximum absolute atomic E-state index is 10.2. The fraction of sp³-hybridized carbons (Fsp3) is 0.600. The van der Waals surface area contributed by atoms with Gasteiger partial charge < -0.3 is 14.6 Å². The summed E-state index contributed by atoms with van der Waals surface area (Å²) in [6, 6.07) is 8.09. The minimum Gasteiger partial charge on any atom is -0.386 e. The summed E-state index contributed by atoms with van der Waals surface area (Å²) < 4.78 is 10.8. The molecular weight excluding hydrogens is 228 g/mol. The van der Waals surface area contributed by atoms with Crippen LogP contribution in [-0.2, 0) is 14.9 Å². The van der Waals surface area contributed by atoms with E-state index in [1.807, 2.05) is 12.1 Å². The van der Waals surface area contributed by atoms with Gasteiger partial charge in [-0.25, -0.2) is 0 Å². The Kier molecular flexibility index (Phi) is 4.05. The second-order valence-electron chi connectivity index (χ2n) is 5.80. The number of hydrogen-bond acceptors (Lipinski definition) is 3. The molecule has 18 heavy (non-hydrogen) atoms. The minimum atomic E-state index is -0.612. The standard InChI is InChI=1S/C15H22O3/c1-15(2,3)12-6-4-11(5-7-12)14(16)13-10-17-8-9-18-13/h4-7,13-14,16H,8-10H2,1-3H3. The van der Waals surface area contributed by atoms with Gasteiger partial charge in [-0.05, 0) is 16.5 Å². The summed E-state index contributed by atoms with van der Waals surface area (Å²) >= 11 is 0. The summed E-state index contributed by atoms with van der Waals surface area (Å²) in [6.07, 6.45) is -0.862. The summed E-state index contributed by atoms with van der Waals surface area (Å²) in [6.45, 7) is 8.17. The van der Waals surface area contributed by atoms with E-state index in [2.05, 4.69) is 32.9 Å². The third kappa shape index (κ3) is 3.10. The van der Waals surface area contributed by atoms with Crippen LogP contribution in [0.15, 0.2) is 24.3 Å². The van der Waals surface area contributed by atoms with Crippen molar-refractivity contribution in [3.8, 4) is 0 Å². The summed E-state index contributed by atoms with van der Waals surface area (Å²) in [5.74, 6) is 0. The van der Waals surface area contributed by atoms with E-state index in [9.17, 15) is 5.11 Å². The van der Waals surface area contributed by atoms with Crippen molar-refractivity contribution in [2.24, 2.45) is 0 Å². The molecule has 0 spiro atoms. The van der Waals surface area contributed by atoms with Crippen molar-refractivity contribution >= 4 is 0 Å². The molecule has 2 unspecified atom stereocenters. The van der Waals surface area contributed by atoms with E-state index >= 15 is 0 Å². The molecule has 0 radical (unpaired) electrons. The number of aliphatic hydroxyl groups is 1. The van der Waals surface area contributed by atoms with Crippen LogP contribution >= 0.6 is 0 Å². The van der Waals surface area contributed by atoms with Gasteiger partial charge in [0.15, 0.2) is 0 Å². The summed E-state index contributed by atoms with van der Waals surface area (Å²) in [5, 5.41) is 10.2. The first-order valence-corrected chi connectivity index (χ1v) is 6.46. The van der Waals surface area contributed by atoms with E-state index in [-0.39, 0.29) is 11.5 Å². The number of ether oxygens (including phenoxy) is 2. The zero-order chi connectivity index (χ0) is 13.2. The van der Waals surface area contributed by atoms with Crippen molar-refractivity contribution in [3.05, 3.63) is 35.4 Å². The second kappa shape index (κ2) is 5.39. The first-order chi connectivity index (χ1) is 8.48. The van der Waals surface area contributed by atoms with Crippen LogP contribution < -0.4 is 0 Å². The summed E-state index contributed by atoms with van der Waals surface area (Å²) in [4.78, 5) is 0. The monoisotopic (exact) mass is 250 g/mol. The first kappa shape index (κ1) is 13.5. The highest BCUT2D eigenvalue weighted by atomic mass is 16.6. The Morgan fingerprint density at radius 3 is 2.33 bits per heavy atom. The molecule has 0 aliphatic carbocycles. The maximum atomic E-state index is 10.2. The van der Waals surface area contributed by atoms with Crippen LogP contribution in [-0.4, -0.2) is 31.0 Å². The largest absolute Gasteiger partial charge is 0.386 e. The average molecular weight is 250 g/mol. The molecule has 1 saturated heterocycles. The third-order valence-corrected chi connectivity index (χ3v) is 3.31. The van der Waals surface area contributed by atoms with Gasteiger partial charge in [0, 0.05) is 0 Å². The van der Waals surface area contributed by atoms with Gasteiger partial charge in [0.1, 0.15) is 12.2 Å². The fourth-order valence-corrected chi connectivity index (χ4v) is 2.08. The lowest BCUT2D eigenvalue weighted by molar-refractivity contribution is -0.133. The van der Waals surface area contributed by atoms with E-state index in [1.165, 1.54) is 5.56 Å². The topological polar surface area (TPSA) is 38.7 Å². The molecule has 0 saturated carbocycles. The van der Waals surface area contributed by atoms with Gasteiger partial charge in [-0.2, -0.15) is 0 Å². The zero-order valence-electron chi connectivity index (χ0n) is 11.3. The highest BCUT2D eigenvalue weighted by Gasteiger charge is 2.25. The van der Waals surface area contributed by atoms with Gasteiger partial charge in [-0.1, -0.05) is 45.0 Å². The molecule has 1 aliphatic heterocycles. The Labute approximate surface area is 109 Å². The van der Waals surface area contributed by atoms with Gasteiger partial charge in [-0.3, -0.25) is 0 Å². The third-order valence-electron chi connectivity index (χ3n) is 3.31. The number of rotatable bonds is 2. The predicted octanol–water partition coefficient (Wildman–Crippen LogP) is 2.43. The molecule has 1 N–H and O–H groups in total. The van der Waals surface area contributed by atoms with Crippen molar-refractivity contribution in [3.63, 3.8) is 0 Å². The van der Waals surface area contributed by atoms with Crippen molar-refractivity contribution in [2.45, 2.75) is 38.4 Å². The minimum absolute atomic E-state index is 0.133. The quantitative estimate of drug-likeness (QED) is 0.876. The molecule has 1 fully saturated rings. The second-order valence-corrected chi connectivity index (χ2v) is 5.80. The smallest absolute Gasteiger partial charge is 0.111 e. The van der Waals surface area contributed by atoms with Crippen molar-refractivity contribution < 1.29 is 14.6 Å². The van der Waals surface area contributed by atoms with Gasteiger partial charge in [0.25, 0.3) is 0 Å². The Morgan fingerprint density at radius 1 is 1.17 bits per heavy atom. The zero-order valence-corrected chi connectivity index (χ0v) is 11.3. The summed E-state index contributed by atoms with van der Waals surface area (Å²) in [7, 11) is 0. The van der Waals surface area contributed by atoms with Crippen molar-refractivity contribution in [2.75, 3.05) is 19.8 Å². The Morgan fingerprint density at radius 2 is 1.83 bits per heavy atom. The molecule has 2 rings (SSSR count). The van der Waals surface area contributed by atoms with E-state index in [1.54, 1.807) is 0 Å². The normalized spacial score (nSPS) is 22.8. The number of hydrogen-bond donors (Lipinski definition) is 1. The number of aliphatic hydroxyl groups excluding tert-OH is 1. The molecule has 3 nitrogen and oxygen atoms in total. The molecule has 1 aromatic rings. The molecule has 0 bridgehead atoms. The maximum Gasteiger partial charge on any atom is 0.111 e. The predicted molar refractivity (Wildman–Crippen MR) is 70.7 cm³/mol. The Hall–Kier alpha value is -0.900. The average Bonchev–Trinajstić information content (AvgIpc) is 2.38. The van der Waals surface area contributed by atoms with Gasteiger partial charge in [0.2, 0.25) is 0 Å². The van der Waals surface area contributed by atoms with Crippen molar-refractivity contribution in [1.82, 2.24) is 0 Å². The molecule has 2 atom stereocenters. The first-order valence-electron chi connectivity index (χ1n) is 6.46. The Balaban J connectivity index is 2.09. The highest BCUT2D eigenvalue weighted by molar-refractivity contribution is 5.29. The van der Waals surface area contributed by atoms with Crippen LogP contribution in [0.3, 0.4) is 0 Å². The summed E-state index contributed by atoms with van der Waals surface area (Å²) in [5.41, 5.74) is 2.28. The molecule has 1 aliphatic rings. The lowest BCUT2D eigenvalue weighted by Crippen LogP contribution is -2.33. The highest BCUT2D eigenvalue weighted by Crippen LogP contribution is 2.26. The van der Waals surface area contributed by atoms with Gasteiger partial charge >= 0.3 is 0 Å². The number of benzene rings is 1. The Bertz CT molecular complexity index is 372. The van der Waals surface area contributed by atoms with Crippen LogP contribution in [0.5, 0.6) is 0 Å². The molecule has 100 valence electrons. The molecule has 0 amide bonds. The van der Waals surface area contributed by atoms with Crippen molar-refractivity contribution in [1.29, 1.82) is 0 Å². The molecule has 1 heterocycles. The van der Waals surface area contributed by atoms with Gasteiger partial charge in [0.05, 0.1) is 19.8 Å². The lowest BCUT2D eigenvalue weighted by atomic mass is 9.86. The van der Waals surface area contributed by atoms with Crippen LogP contribution in [0.1, 0.15) is 38.0 Å². The lowest BCUT2D eigenvalue weighted by Gasteiger charge is -2.28. The molecule has 3 heteroatoms. The van der Waals surface area contributed by atoms with Crippen LogP contribution in [0.4, 0.5) is 0 Å². The van der Waals surface area contributed by atoms with Crippen LogP contribution in [0.2, 0.25) is 0 Å². The van der Waals surface area contributed by atoms with Crippen LogP contribution in [0, 0.1) is 0 Å². The SMILES string of the molecule is CC(C)(C)c1ccc(C(O)C2COCCO2)cc1. The van der Waals surface area contributed by atoms with E-state index in [4.69, 9.17) is 9.47 Å². The fourth-order valence-electron chi connectivity index (χ4n) is 2.08. The van der Waals surface area contributed by atoms with E-state index in [0.29, 0.717) is 19.8 Å². The van der Waals surface area contributed by atoms with Crippen LogP contribution in [0.25, 0.3) is 0 Å². The van der Waals surface area contributed by atoms with Gasteiger partial charge in [-0.15, -0.1) is 0 Å².